The largest absolute Gasteiger partial charge is 0.373 e. The van der Waals surface area contributed by atoms with Crippen LogP contribution in [0.25, 0.3) is 0 Å². The van der Waals surface area contributed by atoms with Gasteiger partial charge in [-0.3, -0.25) is 4.57 Å². The zero-order valence-corrected chi connectivity index (χ0v) is 9.90. The third kappa shape index (κ3) is 2.13. The fraction of sp³-hybridized carbons (Fsp3) is 0.400. The minimum atomic E-state index is -3.55. The molecular formula is C10H15O4P. The van der Waals surface area contributed by atoms with Crippen LogP contribution in [0.4, 0.5) is 0 Å². The highest BCUT2D eigenvalue weighted by atomic mass is 31.2. The van der Waals surface area contributed by atoms with E-state index in [4.69, 9.17) is 9.05 Å². The van der Waals surface area contributed by atoms with Crippen LogP contribution in [-0.4, -0.2) is 19.3 Å². The number of rotatable bonds is 4. The molecule has 0 bridgehead atoms. The smallest absolute Gasteiger partial charge is 0.365 e. The van der Waals surface area contributed by atoms with Gasteiger partial charge in [-0.25, -0.2) is 0 Å². The summed E-state index contributed by atoms with van der Waals surface area (Å²) in [7, 11) is -1.05. The highest BCUT2D eigenvalue weighted by Crippen LogP contribution is 2.62. The summed E-state index contributed by atoms with van der Waals surface area (Å²) in [5, 5.41) is 8.55. The summed E-state index contributed by atoms with van der Waals surface area (Å²) in [6.45, 7) is 1.41. The zero-order chi connectivity index (χ0) is 11.5. The highest BCUT2D eigenvalue weighted by Gasteiger charge is 2.45. The fourth-order valence-corrected chi connectivity index (χ4v) is 2.67. The lowest BCUT2D eigenvalue weighted by Crippen LogP contribution is -2.23. The van der Waals surface area contributed by atoms with E-state index in [2.05, 4.69) is 0 Å². The third-order valence-electron chi connectivity index (χ3n) is 2.33. The van der Waals surface area contributed by atoms with Crippen LogP contribution >= 0.6 is 7.60 Å². The third-order valence-corrected chi connectivity index (χ3v) is 4.62. The predicted molar refractivity (Wildman–Crippen MR) is 57.6 cm³/mol. The van der Waals surface area contributed by atoms with E-state index in [0.29, 0.717) is 5.56 Å². The molecule has 5 heteroatoms. The molecule has 0 fully saturated rings. The minimum absolute atomic E-state index is 0.497. The molecule has 1 N–H and O–H groups in total. The molecule has 1 atom stereocenters. The normalized spacial score (nSPS) is 16.0. The molecule has 1 aromatic carbocycles. The van der Waals surface area contributed by atoms with Gasteiger partial charge in [-0.1, -0.05) is 30.3 Å². The van der Waals surface area contributed by atoms with Gasteiger partial charge in [-0.15, -0.1) is 0 Å². The van der Waals surface area contributed by atoms with Gasteiger partial charge < -0.3 is 14.2 Å². The standard InChI is InChI=1S/C10H15O4P/c1-10(11,15(12,13-2)14-3)9-7-5-4-6-8-9/h4-8,11H,1-3H3. The van der Waals surface area contributed by atoms with E-state index in [9.17, 15) is 9.67 Å². The van der Waals surface area contributed by atoms with Crippen molar-refractivity contribution in [3.63, 3.8) is 0 Å². The van der Waals surface area contributed by atoms with Crippen molar-refractivity contribution in [1.82, 2.24) is 0 Å². The number of hydrogen-bond acceptors (Lipinski definition) is 4. The summed E-state index contributed by atoms with van der Waals surface area (Å²) in [5.41, 5.74) is 0.497. The summed E-state index contributed by atoms with van der Waals surface area (Å²) in [5.74, 6) is 0. The second kappa shape index (κ2) is 4.45. The molecule has 0 amide bonds. The molecule has 1 unspecified atom stereocenters. The second-order valence-corrected chi connectivity index (χ2v) is 5.85. The Morgan fingerprint density at radius 2 is 1.67 bits per heavy atom. The number of benzene rings is 1. The maximum atomic E-state index is 12.1. The first-order valence-electron chi connectivity index (χ1n) is 4.47. The van der Waals surface area contributed by atoms with Crippen LogP contribution in [0.3, 0.4) is 0 Å². The van der Waals surface area contributed by atoms with Gasteiger partial charge in [0.05, 0.1) is 0 Å². The summed E-state index contributed by atoms with van der Waals surface area (Å²) in [6, 6.07) is 8.65. The average Bonchev–Trinajstić information content (AvgIpc) is 2.29. The molecule has 84 valence electrons. The Kier molecular flexibility index (Phi) is 3.68. The SMILES string of the molecule is COP(=O)(OC)C(C)(O)c1ccccc1. The van der Waals surface area contributed by atoms with Gasteiger partial charge in [-0.05, 0) is 12.5 Å². The molecule has 0 saturated carbocycles. The molecule has 4 nitrogen and oxygen atoms in total. The van der Waals surface area contributed by atoms with Gasteiger partial charge in [0.1, 0.15) is 0 Å². The van der Waals surface area contributed by atoms with Crippen LogP contribution in [0.1, 0.15) is 12.5 Å². The van der Waals surface area contributed by atoms with Gasteiger partial charge >= 0.3 is 7.60 Å². The lowest BCUT2D eigenvalue weighted by atomic mass is 10.1. The molecule has 0 saturated heterocycles. The molecule has 0 heterocycles. The number of aliphatic hydroxyl groups is 1. The van der Waals surface area contributed by atoms with Crippen molar-refractivity contribution in [2.45, 2.75) is 12.3 Å². The first kappa shape index (κ1) is 12.4. The van der Waals surface area contributed by atoms with E-state index in [1.165, 1.54) is 21.1 Å². The van der Waals surface area contributed by atoms with Crippen molar-refractivity contribution in [3.05, 3.63) is 35.9 Å². The van der Waals surface area contributed by atoms with Gasteiger partial charge in [0.15, 0.2) is 5.34 Å². The van der Waals surface area contributed by atoms with Crippen LogP contribution in [0.15, 0.2) is 30.3 Å². The van der Waals surface area contributed by atoms with Crippen molar-refractivity contribution in [2.24, 2.45) is 0 Å². The molecule has 1 rings (SSSR count). The monoisotopic (exact) mass is 230 g/mol. The quantitative estimate of drug-likeness (QED) is 0.806. The Hall–Kier alpha value is -0.670. The van der Waals surface area contributed by atoms with Gasteiger partial charge in [0, 0.05) is 14.2 Å². The van der Waals surface area contributed by atoms with Crippen LogP contribution in [0.2, 0.25) is 0 Å². The maximum absolute atomic E-state index is 12.1. The van der Waals surface area contributed by atoms with E-state index >= 15 is 0 Å². The van der Waals surface area contributed by atoms with Crippen molar-refractivity contribution in [3.8, 4) is 0 Å². The molecule has 0 aliphatic heterocycles. The van der Waals surface area contributed by atoms with Crippen molar-refractivity contribution in [1.29, 1.82) is 0 Å². The van der Waals surface area contributed by atoms with E-state index in [1.807, 2.05) is 6.07 Å². The van der Waals surface area contributed by atoms with Crippen LogP contribution in [0, 0.1) is 0 Å². The molecule has 0 aromatic heterocycles. The van der Waals surface area contributed by atoms with E-state index in [1.54, 1.807) is 24.3 Å². The molecule has 0 aliphatic carbocycles. The molecule has 0 radical (unpaired) electrons. The molecule has 1 aromatic rings. The van der Waals surface area contributed by atoms with Crippen molar-refractivity contribution >= 4 is 7.60 Å². The summed E-state index contributed by atoms with van der Waals surface area (Å²) in [6.07, 6.45) is 0. The van der Waals surface area contributed by atoms with Crippen LogP contribution < -0.4 is 0 Å². The molecular weight excluding hydrogens is 215 g/mol. The lowest BCUT2D eigenvalue weighted by molar-refractivity contribution is 0.0932. The van der Waals surface area contributed by atoms with E-state index < -0.39 is 12.9 Å². The Morgan fingerprint density at radius 3 is 2.07 bits per heavy atom. The Bertz CT molecular complexity index is 353. The Balaban J connectivity index is 3.18. The summed E-state index contributed by atoms with van der Waals surface area (Å²) >= 11 is 0. The Morgan fingerprint density at radius 1 is 1.20 bits per heavy atom. The van der Waals surface area contributed by atoms with Crippen molar-refractivity contribution < 1.29 is 18.7 Å². The van der Waals surface area contributed by atoms with Gasteiger partial charge in [-0.2, -0.15) is 0 Å². The first-order valence-corrected chi connectivity index (χ1v) is 6.01. The molecule has 15 heavy (non-hydrogen) atoms. The second-order valence-electron chi connectivity index (χ2n) is 3.25. The van der Waals surface area contributed by atoms with Crippen LogP contribution in [-0.2, 0) is 19.0 Å². The molecule has 0 spiro atoms. The Labute approximate surface area is 89.4 Å². The van der Waals surface area contributed by atoms with Crippen LogP contribution in [0.5, 0.6) is 0 Å². The zero-order valence-electron chi connectivity index (χ0n) is 9.01. The van der Waals surface area contributed by atoms with Crippen molar-refractivity contribution in [2.75, 3.05) is 14.2 Å². The highest BCUT2D eigenvalue weighted by molar-refractivity contribution is 7.54. The minimum Gasteiger partial charge on any atom is -0.373 e. The average molecular weight is 230 g/mol. The van der Waals surface area contributed by atoms with Gasteiger partial charge in [0.2, 0.25) is 0 Å². The summed E-state index contributed by atoms with van der Waals surface area (Å²) < 4.78 is 21.7. The number of hydrogen-bond donors (Lipinski definition) is 1. The topological polar surface area (TPSA) is 55.8 Å². The maximum Gasteiger partial charge on any atom is 0.365 e. The lowest BCUT2D eigenvalue weighted by Gasteiger charge is -2.29. The van der Waals surface area contributed by atoms with E-state index in [-0.39, 0.29) is 0 Å². The first-order chi connectivity index (χ1) is 6.98. The fourth-order valence-electron chi connectivity index (χ4n) is 1.34. The predicted octanol–water partition coefficient (Wildman–Crippen LogP) is 2.34. The molecule has 0 aliphatic rings. The van der Waals surface area contributed by atoms with E-state index in [0.717, 1.165) is 0 Å². The summed E-state index contributed by atoms with van der Waals surface area (Å²) in [4.78, 5) is 0. The van der Waals surface area contributed by atoms with Gasteiger partial charge in [0.25, 0.3) is 0 Å².